The van der Waals surface area contributed by atoms with Gasteiger partial charge in [0, 0.05) is 5.56 Å². The molecule has 1 N–H and O–H groups in total. The van der Waals surface area contributed by atoms with E-state index < -0.39 is 0 Å². The predicted octanol–water partition coefficient (Wildman–Crippen LogP) is 7.31. The van der Waals surface area contributed by atoms with Crippen molar-refractivity contribution in [2.75, 3.05) is 5.32 Å². The molecule has 1 aromatic rings. The van der Waals surface area contributed by atoms with Crippen molar-refractivity contribution in [2.45, 2.75) is 85.7 Å². The molecule has 0 fully saturated rings. The quantitative estimate of drug-likeness (QED) is 0.377. The van der Waals surface area contributed by atoms with Crippen LogP contribution in [-0.4, -0.2) is 12.0 Å². The van der Waals surface area contributed by atoms with Crippen molar-refractivity contribution in [1.82, 2.24) is 0 Å². The average Bonchev–Trinajstić information content (AvgIpc) is 3.04. The predicted molar refractivity (Wildman–Crippen MR) is 122 cm³/mol. The second-order valence-electron chi connectivity index (χ2n) is 8.50. The Hall–Kier alpha value is -2.36. The Labute approximate surface area is 180 Å². The van der Waals surface area contributed by atoms with Gasteiger partial charge in [-0.15, -0.1) is 0 Å². The minimum Gasteiger partial charge on any atom is -0.490 e. The Morgan fingerprint density at radius 1 is 1.23 bits per heavy atom. The summed E-state index contributed by atoms with van der Waals surface area (Å²) in [4.78, 5) is 12.8. The number of carbonyl (C=O) groups excluding carboxylic acids is 1. The van der Waals surface area contributed by atoms with E-state index in [1.165, 1.54) is 17.2 Å². The molecule has 2 aliphatic rings. The first-order valence-corrected chi connectivity index (χ1v) is 11.3. The molecule has 30 heavy (non-hydrogen) atoms. The van der Waals surface area contributed by atoms with Crippen LogP contribution in [0.1, 0.15) is 85.1 Å². The van der Waals surface area contributed by atoms with Crippen molar-refractivity contribution in [1.29, 1.82) is 0 Å². The molecule has 1 aliphatic heterocycles. The van der Waals surface area contributed by atoms with Crippen molar-refractivity contribution in [3.63, 3.8) is 0 Å². The molecule has 0 bridgehead atoms. The summed E-state index contributed by atoms with van der Waals surface area (Å²) >= 11 is 0. The van der Waals surface area contributed by atoms with Crippen molar-refractivity contribution >= 4 is 17.2 Å². The number of amides is 1. The first-order valence-electron chi connectivity index (χ1n) is 11.3. The van der Waals surface area contributed by atoms with Gasteiger partial charge in [-0.3, -0.25) is 4.79 Å². The third kappa shape index (κ3) is 4.38. The Morgan fingerprint density at radius 2 is 2.00 bits per heavy atom. The van der Waals surface area contributed by atoms with Gasteiger partial charge in [-0.2, -0.15) is 0 Å². The van der Waals surface area contributed by atoms with E-state index in [4.69, 9.17) is 4.74 Å². The number of carbonyl (C=O) groups is 1. The fraction of sp³-hybridized carbons (Fsp3) is 0.500. The summed E-state index contributed by atoms with van der Waals surface area (Å²) in [5.41, 5.74) is 5.91. The average molecular weight is 412 g/mol. The van der Waals surface area contributed by atoms with Gasteiger partial charge in [0.05, 0.1) is 17.4 Å². The van der Waals surface area contributed by atoms with E-state index in [2.05, 4.69) is 39.9 Å². The molecule has 1 unspecified atom stereocenters. The number of ether oxygens (including phenoxy) is 1. The Morgan fingerprint density at radius 3 is 2.70 bits per heavy atom. The summed E-state index contributed by atoms with van der Waals surface area (Å²) in [6.07, 6.45) is 6.88. The summed E-state index contributed by atoms with van der Waals surface area (Å²) in [5.74, 6) is 0.432. The molecule has 0 radical (unpaired) electrons. The highest BCUT2D eigenvalue weighted by atomic mass is 19.1. The summed E-state index contributed by atoms with van der Waals surface area (Å²) in [6, 6.07) is 4.82. The molecule has 162 valence electrons. The van der Waals surface area contributed by atoms with Crippen molar-refractivity contribution in [2.24, 2.45) is 0 Å². The van der Waals surface area contributed by atoms with E-state index in [1.54, 1.807) is 12.1 Å². The second kappa shape index (κ2) is 9.63. The van der Waals surface area contributed by atoms with Crippen LogP contribution in [0.2, 0.25) is 0 Å². The van der Waals surface area contributed by atoms with Gasteiger partial charge in [0.2, 0.25) is 0 Å². The minimum atomic E-state index is -0.348. The molecule has 4 heteroatoms. The van der Waals surface area contributed by atoms with Crippen LogP contribution in [0.3, 0.4) is 0 Å². The maximum Gasteiger partial charge on any atom is 0.256 e. The number of hydrogen-bond acceptors (Lipinski definition) is 2. The van der Waals surface area contributed by atoms with Gasteiger partial charge >= 0.3 is 0 Å². The molecule has 0 aromatic heterocycles. The van der Waals surface area contributed by atoms with Gasteiger partial charge < -0.3 is 10.1 Å². The maximum atomic E-state index is 14.7. The largest absolute Gasteiger partial charge is 0.490 e. The van der Waals surface area contributed by atoms with E-state index in [0.29, 0.717) is 16.8 Å². The highest BCUT2D eigenvalue weighted by Crippen LogP contribution is 2.43. The fourth-order valence-corrected chi connectivity index (χ4v) is 4.65. The van der Waals surface area contributed by atoms with Crippen LogP contribution in [0.4, 0.5) is 10.1 Å². The first-order chi connectivity index (χ1) is 14.4. The Balaban J connectivity index is 2.14. The Bertz CT molecular complexity index is 923. The number of benzene rings is 1. The van der Waals surface area contributed by atoms with E-state index in [-0.39, 0.29) is 17.8 Å². The van der Waals surface area contributed by atoms with Gasteiger partial charge in [-0.25, -0.2) is 4.39 Å². The summed E-state index contributed by atoms with van der Waals surface area (Å²) in [5, 5.41) is 2.84. The molecule has 1 aromatic carbocycles. The number of nitrogens with one attached hydrogen (secondary N) is 1. The number of fused-ring (bicyclic) bond motifs is 1. The molecule has 0 spiro atoms. The van der Waals surface area contributed by atoms with Crippen LogP contribution in [0.15, 0.2) is 46.3 Å². The fourth-order valence-electron chi connectivity index (χ4n) is 4.65. The SMILES string of the molecule is CCC/C(C)=C(/OC(C)CCC)C1=C(C)/C(=C2\C(=O)Nc3cccc(F)c32)CCC1. The Kier molecular flexibility index (Phi) is 7.17. The van der Waals surface area contributed by atoms with Gasteiger partial charge in [0.15, 0.2) is 0 Å². The van der Waals surface area contributed by atoms with Crippen LogP contribution in [0.5, 0.6) is 0 Å². The molecule has 1 atom stereocenters. The van der Waals surface area contributed by atoms with E-state index in [1.807, 2.05) is 0 Å². The lowest BCUT2D eigenvalue weighted by Gasteiger charge is -2.28. The minimum absolute atomic E-state index is 0.142. The first kappa shape index (κ1) is 22.3. The van der Waals surface area contributed by atoms with Gasteiger partial charge in [-0.1, -0.05) is 32.8 Å². The van der Waals surface area contributed by atoms with Crippen molar-refractivity contribution in [3.05, 3.63) is 57.6 Å². The molecular formula is C26H34FNO2. The zero-order valence-electron chi connectivity index (χ0n) is 19.0. The molecule has 0 saturated carbocycles. The number of halogens is 1. The molecule has 3 rings (SSSR count). The second-order valence-corrected chi connectivity index (χ2v) is 8.50. The molecule has 0 saturated heterocycles. The highest BCUT2D eigenvalue weighted by molar-refractivity contribution is 6.32. The van der Waals surface area contributed by atoms with Crippen molar-refractivity contribution < 1.29 is 13.9 Å². The number of rotatable bonds is 7. The van der Waals surface area contributed by atoms with E-state index in [9.17, 15) is 9.18 Å². The van der Waals surface area contributed by atoms with E-state index >= 15 is 0 Å². The zero-order chi connectivity index (χ0) is 21.8. The third-order valence-electron chi connectivity index (χ3n) is 6.10. The van der Waals surface area contributed by atoms with Gasteiger partial charge in [0.25, 0.3) is 5.91 Å². The number of anilines is 1. The van der Waals surface area contributed by atoms with E-state index in [0.717, 1.165) is 61.9 Å². The smallest absolute Gasteiger partial charge is 0.256 e. The normalized spacial score (nSPS) is 20.7. The number of hydrogen-bond donors (Lipinski definition) is 1. The maximum absolute atomic E-state index is 14.7. The number of allylic oxidation sites excluding steroid dienone is 4. The van der Waals surface area contributed by atoms with Gasteiger partial charge in [-0.05, 0) is 87.3 Å². The molecular weight excluding hydrogens is 377 g/mol. The van der Waals surface area contributed by atoms with Crippen LogP contribution < -0.4 is 5.32 Å². The highest BCUT2D eigenvalue weighted by Gasteiger charge is 2.33. The van der Waals surface area contributed by atoms with Crippen LogP contribution >= 0.6 is 0 Å². The monoisotopic (exact) mass is 411 g/mol. The standard InChI is InChI=1S/C26H34FNO2/c1-6-10-16(3)25(30-17(4)11-7-2)20-13-8-12-19(18(20)5)23-24-21(27)14-9-15-22(24)28-26(23)29/h9,14-15,17H,6-8,10-13H2,1-5H3,(H,28,29)/b23-19-,25-16+. The molecule has 3 nitrogen and oxygen atoms in total. The molecule has 1 aliphatic carbocycles. The van der Waals surface area contributed by atoms with Crippen molar-refractivity contribution in [3.8, 4) is 0 Å². The molecule has 1 amide bonds. The van der Waals surface area contributed by atoms with Crippen LogP contribution in [0, 0.1) is 5.82 Å². The van der Waals surface area contributed by atoms with Crippen LogP contribution in [0.25, 0.3) is 5.57 Å². The summed E-state index contributed by atoms with van der Waals surface area (Å²) in [7, 11) is 0. The third-order valence-corrected chi connectivity index (χ3v) is 6.10. The topological polar surface area (TPSA) is 38.3 Å². The lowest BCUT2D eigenvalue weighted by Crippen LogP contribution is -2.15. The van der Waals surface area contributed by atoms with Gasteiger partial charge in [0.1, 0.15) is 11.6 Å². The summed E-state index contributed by atoms with van der Waals surface area (Å²) in [6.45, 7) is 10.7. The lowest BCUT2D eigenvalue weighted by molar-refractivity contribution is -0.110. The molecule has 1 heterocycles. The zero-order valence-corrected chi connectivity index (χ0v) is 19.0. The lowest BCUT2D eigenvalue weighted by atomic mass is 9.82. The van der Waals surface area contributed by atoms with Crippen LogP contribution in [-0.2, 0) is 9.53 Å². The summed E-state index contributed by atoms with van der Waals surface area (Å²) < 4.78 is 21.1.